The molecule has 1 unspecified atom stereocenters. The summed E-state index contributed by atoms with van der Waals surface area (Å²) >= 11 is 0. The molecule has 3 aromatic heterocycles. The van der Waals surface area contributed by atoms with Gasteiger partial charge in [0.1, 0.15) is 12.3 Å². The average molecular weight is 342 g/mol. The normalized spacial score (nSPS) is 17.8. The van der Waals surface area contributed by atoms with Crippen LogP contribution in [0, 0.1) is 0 Å². The Balaban J connectivity index is 1.54. The molecule has 3 aromatic rings. The van der Waals surface area contributed by atoms with Gasteiger partial charge in [0.05, 0.1) is 31.1 Å². The maximum Gasteiger partial charge on any atom is 0.290 e. The molecule has 9 nitrogen and oxygen atoms in total. The number of morpholine rings is 1. The van der Waals surface area contributed by atoms with E-state index in [9.17, 15) is 4.79 Å². The Morgan fingerprint density at radius 1 is 1.32 bits per heavy atom. The van der Waals surface area contributed by atoms with Gasteiger partial charge in [0.2, 0.25) is 0 Å². The van der Waals surface area contributed by atoms with E-state index < -0.39 is 0 Å². The standard InChI is InChI=1S/C16H18N6O3/c1-20-13(4-5-18-20)14-11-24-9-8-22(14)16(23)15-3-2-12(25-15)10-21-7-6-17-19-21/h2-7,14H,8-11H2,1H3. The minimum atomic E-state index is -0.183. The smallest absolute Gasteiger partial charge is 0.290 e. The molecule has 0 saturated carbocycles. The van der Waals surface area contributed by atoms with Crippen molar-refractivity contribution >= 4 is 5.91 Å². The summed E-state index contributed by atoms with van der Waals surface area (Å²) in [7, 11) is 1.86. The molecule has 4 rings (SSSR count). The van der Waals surface area contributed by atoms with Gasteiger partial charge in [-0.2, -0.15) is 5.10 Å². The Kier molecular flexibility index (Phi) is 4.06. The second-order valence-corrected chi connectivity index (χ2v) is 5.84. The molecule has 25 heavy (non-hydrogen) atoms. The fourth-order valence-corrected chi connectivity index (χ4v) is 3.00. The Hall–Kier alpha value is -2.94. The van der Waals surface area contributed by atoms with Crippen molar-refractivity contribution < 1.29 is 13.9 Å². The zero-order valence-corrected chi connectivity index (χ0v) is 13.8. The minimum Gasteiger partial charge on any atom is -0.454 e. The van der Waals surface area contributed by atoms with Gasteiger partial charge in [0, 0.05) is 26.0 Å². The number of carbonyl (C=O) groups is 1. The van der Waals surface area contributed by atoms with Gasteiger partial charge in [-0.25, -0.2) is 4.68 Å². The Bertz CT molecular complexity index is 853. The first kappa shape index (κ1) is 15.6. The highest BCUT2D eigenvalue weighted by atomic mass is 16.5. The van der Waals surface area contributed by atoms with Crippen molar-refractivity contribution in [1.82, 2.24) is 29.7 Å². The lowest BCUT2D eigenvalue weighted by atomic mass is 10.1. The molecule has 1 amide bonds. The van der Waals surface area contributed by atoms with E-state index in [0.717, 1.165) is 5.69 Å². The van der Waals surface area contributed by atoms with E-state index in [2.05, 4.69) is 15.4 Å². The second-order valence-electron chi connectivity index (χ2n) is 5.84. The number of rotatable bonds is 4. The summed E-state index contributed by atoms with van der Waals surface area (Å²) in [5, 5.41) is 11.8. The topological polar surface area (TPSA) is 91.2 Å². The van der Waals surface area contributed by atoms with E-state index in [4.69, 9.17) is 9.15 Å². The Labute approximate surface area is 143 Å². The van der Waals surface area contributed by atoms with Gasteiger partial charge in [0.25, 0.3) is 5.91 Å². The summed E-state index contributed by atoms with van der Waals surface area (Å²) in [5.74, 6) is 0.808. The SMILES string of the molecule is Cn1nccc1C1COCCN1C(=O)c1ccc(Cn2ccnn2)o1. The van der Waals surface area contributed by atoms with Gasteiger partial charge in [-0.15, -0.1) is 5.10 Å². The van der Waals surface area contributed by atoms with E-state index in [-0.39, 0.29) is 11.9 Å². The average Bonchev–Trinajstić information content (AvgIpc) is 3.37. The molecule has 4 heterocycles. The van der Waals surface area contributed by atoms with Crippen molar-refractivity contribution in [2.45, 2.75) is 12.6 Å². The summed E-state index contributed by atoms with van der Waals surface area (Å²) in [6.07, 6.45) is 5.06. The summed E-state index contributed by atoms with van der Waals surface area (Å²) in [6.45, 7) is 1.89. The van der Waals surface area contributed by atoms with Gasteiger partial charge in [-0.1, -0.05) is 5.21 Å². The number of carbonyl (C=O) groups excluding carboxylic acids is 1. The molecule has 1 aliphatic heterocycles. The van der Waals surface area contributed by atoms with E-state index >= 15 is 0 Å². The fraction of sp³-hybridized carbons (Fsp3) is 0.375. The third-order valence-corrected chi connectivity index (χ3v) is 4.25. The molecule has 0 bridgehead atoms. The highest BCUT2D eigenvalue weighted by Crippen LogP contribution is 2.26. The van der Waals surface area contributed by atoms with Gasteiger partial charge < -0.3 is 14.1 Å². The zero-order chi connectivity index (χ0) is 17.2. The van der Waals surface area contributed by atoms with Crippen LogP contribution in [0.4, 0.5) is 0 Å². The molecule has 1 fully saturated rings. The molecule has 0 aromatic carbocycles. The van der Waals surface area contributed by atoms with Crippen LogP contribution in [-0.4, -0.2) is 55.3 Å². The van der Waals surface area contributed by atoms with Crippen LogP contribution in [-0.2, 0) is 18.3 Å². The van der Waals surface area contributed by atoms with Crippen molar-refractivity contribution in [3.63, 3.8) is 0 Å². The van der Waals surface area contributed by atoms with Crippen LogP contribution < -0.4 is 0 Å². The summed E-state index contributed by atoms with van der Waals surface area (Å²) in [5.41, 5.74) is 0.933. The first-order valence-corrected chi connectivity index (χ1v) is 8.02. The monoisotopic (exact) mass is 342 g/mol. The maximum absolute atomic E-state index is 12.9. The van der Waals surface area contributed by atoms with Crippen molar-refractivity contribution in [1.29, 1.82) is 0 Å². The quantitative estimate of drug-likeness (QED) is 0.699. The van der Waals surface area contributed by atoms with Crippen LogP contribution in [0.15, 0.2) is 41.2 Å². The molecule has 1 atom stereocenters. The number of nitrogens with zero attached hydrogens (tertiary/aromatic N) is 6. The van der Waals surface area contributed by atoms with Crippen LogP contribution >= 0.6 is 0 Å². The lowest BCUT2D eigenvalue weighted by Crippen LogP contribution is -2.44. The molecular formula is C16H18N6O3. The highest BCUT2D eigenvalue weighted by molar-refractivity contribution is 5.92. The number of hydrogen-bond acceptors (Lipinski definition) is 6. The van der Waals surface area contributed by atoms with Crippen LogP contribution in [0.2, 0.25) is 0 Å². The minimum absolute atomic E-state index is 0.153. The first-order valence-electron chi connectivity index (χ1n) is 8.02. The molecule has 0 radical (unpaired) electrons. The molecule has 1 aliphatic rings. The number of ether oxygens (including phenoxy) is 1. The van der Waals surface area contributed by atoms with E-state index in [0.29, 0.717) is 37.8 Å². The number of furan rings is 1. The Morgan fingerprint density at radius 2 is 2.24 bits per heavy atom. The number of hydrogen-bond donors (Lipinski definition) is 0. The van der Waals surface area contributed by atoms with E-state index in [1.807, 2.05) is 13.1 Å². The van der Waals surface area contributed by atoms with E-state index in [1.165, 1.54) is 0 Å². The van der Waals surface area contributed by atoms with Crippen molar-refractivity contribution in [3.05, 3.63) is 54.0 Å². The number of aryl methyl sites for hydroxylation is 1. The van der Waals surface area contributed by atoms with Gasteiger partial charge in [0.15, 0.2) is 5.76 Å². The van der Waals surface area contributed by atoms with Crippen LogP contribution in [0.1, 0.15) is 28.1 Å². The van der Waals surface area contributed by atoms with Crippen molar-refractivity contribution in [3.8, 4) is 0 Å². The second kappa shape index (κ2) is 6.52. The number of aromatic nitrogens is 5. The molecule has 0 N–H and O–H groups in total. The Morgan fingerprint density at radius 3 is 3.00 bits per heavy atom. The first-order chi connectivity index (χ1) is 12.2. The zero-order valence-electron chi connectivity index (χ0n) is 13.8. The fourth-order valence-electron chi connectivity index (χ4n) is 3.00. The highest BCUT2D eigenvalue weighted by Gasteiger charge is 2.32. The van der Waals surface area contributed by atoms with Gasteiger partial charge in [-0.3, -0.25) is 9.48 Å². The molecule has 0 aliphatic carbocycles. The predicted octanol–water partition coefficient (Wildman–Crippen LogP) is 0.867. The molecule has 9 heteroatoms. The summed E-state index contributed by atoms with van der Waals surface area (Å²) < 4.78 is 14.7. The van der Waals surface area contributed by atoms with Crippen LogP contribution in [0.3, 0.4) is 0 Å². The molecule has 130 valence electrons. The predicted molar refractivity (Wildman–Crippen MR) is 85.6 cm³/mol. The van der Waals surface area contributed by atoms with Crippen LogP contribution in [0.5, 0.6) is 0 Å². The largest absolute Gasteiger partial charge is 0.454 e. The third-order valence-electron chi connectivity index (χ3n) is 4.25. The van der Waals surface area contributed by atoms with Crippen molar-refractivity contribution in [2.24, 2.45) is 7.05 Å². The van der Waals surface area contributed by atoms with Crippen molar-refractivity contribution in [2.75, 3.05) is 19.8 Å². The number of amides is 1. The van der Waals surface area contributed by atoms with Gasteiger partial charge >= 0.3 is 0 Å². The molecule has 1 saturated heterocycles. The maximum atomic E-state index is 12.9. The summed E-state index contributed by atoms with van der Waals surface area (Å²) in [6, 6.07) is 5.20. The molecule has 0 spiro atoms. The van der Waals surface area contributed by atoms with Crippen LogP contribution in [0.25, 0.3) is 0 Å². The van der Waals surface area contributed by atoms with Gasteiger partial charge in [-0.05, 0) is 18.2 Å². The summed E-state index contributed by atoms with van der Waals surface area (Å²) in [4.78, 5) is 14.7. The third kappa shape index (κ3) is 3.05. The lowest BCUT2D eigenvalue weighted by molar-refractivity contribution is -0.00652. The lowest BCUT2D eigenvalue weighted by Gasteiger charge is -2.35. The van der Waals surface area contributed by atoms with E-state index in [1.54, 1.807) is 45.0 Å². The molecular weight excluding hydrogens is 324 g/mol.